The van der Waals surface area contributed by atoms with Crippen LogP contribution in [0.15, 0.2) is 29.6 Å². The maximum absolute atomic E-state index is 13.0. The first-order valence-electron chi connectivity index (χ1n) is 11.1. The van der Waals surface area contributed by atoms with Crippen LogP contribution in [0.1, 0.15) is 49.5 Å². The minimum atomic E-state index is -3.77. The highest BCUT2D eigenvalue weighted by Crippen LogP contribution is 2.35. The van der Waals surface area contributed by atoms with Crippen molar-refractivity contribution in [1.29, 1.82) is 0 Å². The van der Waals surface area contributed by atoms with Crippen molar-refractivity contribution in [1.82, 2.24) is 14.9 Å². The smallest absolute Gasteiger partial charge is 0.410 e. The monoisotopic (exact) mass is 556 g/mol. The zero-order valence-corrected chi connectivity index (χ0v) is 22.4. The number of likely N-dealkylation sites (tertiary alicyclic amines) is 1. The molecule has 1 aromatic heterocycles. The van der Waals surface area contributed by atoms with Crippen LogP contribution in [0.2, 0.25) is 0 Å². The van der Waals surface area contributed by atoms with Crippen molar-refractivity contribution < 1.29 is 36.7 Å². The number of aromatic nitrogens is 1. The number of carbonyl (C=O) groups excluding carboxylic acids is 2. The summed E-state index contributed by atoms with van der Waals surface area (Å²) in [6.07, 6.45) is 0.135. The Hall–Kier alpha value is -3.14. The molecule has 15 heteroatoms. The van der Waals surface area contributed by atoms with Crippen LogP contribution in [-0.2, 0) is 41.8 Å². The lowest BCUT2D eigenvalue weighted by Gasteiger charge is -2.26. The number of nitro benzene ring substituents is 1. The molecule has 0 saturated carbocycles. The van der Waals surface area contributed by atoms with Gasteiger partial charge >= 0.3 is 6.09 Å². The van der Waals surface area contributed by atoms with E-state index in [0.717, 1.165) is 11.3 Å². The van der Waals surface area contributed by atoms with Crippen molar-refractivity contribution in [2.45, 2.75) is 58.1 Å². The normalized spacial score (nSPS) is 18.0. The lowest BCUT2D eigenvalue weighted by molar-refractivity contribution is -0.384. The molecule has 0 N–H and O–H groups in total. The molecule has 37 heavy (non-hydrogen) atoms. The van der Waals surface area contributed by atoms with Gasteiger partial charge in [-0.05, 0) is 38.5 Å². The molecule has 2 atom stereocenters. The van der Waals surface area contributed by atoms with Gasteiger partial charge in [0.25, 0.3) is 15.8 Å². The van der Waals surface area contributed by atoms with Crippen LogP contribution in [0.4, 0.5) is 10.5 Å². The number of hydroxylamine groups is 2. The fraction of sp³-hybridized carbons (Fsp3) is 0.500. The van der Waals surface area contributed by atoms with Gasteiger partial charge in [-0.3, -0.25) is 28.8 Å². The number of non-ortho nitro benzene ring substituents is 1. The second-order valence-corrected chi connectivity index (χ2v) is 11.9. The topological polar surface area (TPSA) is 158 Å². The molecule has 1 aliphatic rings. The summed E-state index contributed by atoms with van der Waals surface area (Å²) in [6, 6.07) is 4.94. The van der Waals surface area contributed by atoms with E-state index in [1.165, 1.54) is 40.5 Å². The molecule has 1 aliphatic heterocycles. The van der Waals surface area contributed by atoms with Gasteiger partial charge in [-0.15, -0.1) is 11.3 Å². The zero-order chi connectivity index (χ0) is 27.4. The molecule has 3 rings (SSSR count). The van der Waals surface area contributed by atoms with E-state index in [1.54, 1.807) is 26.2 Å². The van der Waals surface area contributed by atoms with E-state index in [-0.39, 0.29) is 31.8 Å². The van der Waals surface area contributed by atoms with Gasteiger partial charge in [-0.2, -0.15) is 8.42 Å². The quantitative estimate of drug-likeness (QED) is 0.184. The highest BCUT2D eigenvalue weighted by Gasteiger charge is 2.40. The Morgan fingerprint density at radius 1 is 1.32 bits per heavy atom. The third-order valence-electron chi connectivity index (χ3n) is 5.03. The van der Waals surface area contributed by atoms with Crippen LogP contribution in [0.5, 0.6) is 0 Å². The SMILES string of the molecule is CC(C)(C)ON(C=O)Cc1nc([C@@H]2C[C@@H](OS(C)(=O)=O)CN2C(=O)OCc2ccc([N+](=O)[O-])cc2)cs1. The standard InChI is InChI=1S/C22H28N4O9S2/c1-22(2,3)35-24(14-27)11-20-23-18(13-36-20)19-9-17(34-37(4,31)32)10-25(19)21(28)33-12-15-5-7-16(8-6-15)26(29)30/h5-8,13-14,17,19H,9-12H2,1-4H3/t17-,19+/m1/s1. The molecule has 0 aliphatic carbocycles. The fourth-order valence-corrected chi connectivity index (χ4v) is 5.13. The molecule has 0 bridgehead atoms. The van der Waals surface area contributed by atoms with Crippen LogP contribution in [-0.4, -0.2) is 65.3 Å². The Balaban J connectivity index is 1.74. The Kier molecular flexibility index (Phi) is 8.84. The number of thiazole rings is 1. The van der Waals surface area contributed by atoms with Crippen LogP contribution >= 0.6 is 11.3 Å². The number of ether oxygens (including phenoxy) is 1. The molecular weight excluding hydrogens is 528 g/mol. The summed E-state index contributed by atoms with van der Waals surface area (Å²) in [6.45, 7) is 5.31. The lowest BCUT2D eigenvalue weighted by Crippen LogP contribution is -2.33. The summed E-state index contributed by atoms with van der Waals surface area (Å²) >= 11 is 1.26. The maximum Gasteiger partial charge on any atom is 0.410 e. The van der Waals surface area contributed by atoms with Gasteiger partial charge in [0.2, 0.25) is 6.41 Å². The van der Waals surface area contributed by atoms with Crippen molar-refractivity contribution in [3.05, 3.63) is 56.0 Å². The number of nitrogens with zero attached hydrogens (tertiary/aromatic N) is 4. The van der Waals surface area contributed by atoms with Gasteiger partial charge in [0, 0.05) is 23.9 Å². The van der Waals surface area contributed by atoms with E-state index < -0.39 is 38.9 Å². The highest BCUT2D eigenvalue weighted by molar-refractivity contribution is 7.86. The molecule has 0 unspecified atom stereocenters. The number of benzene rings is 1. The molecule has 2 amide bonds. The summed E-state index contributed by atoms with van der Waals surface area (Å²) < 4.78 is 33.9. The van der Waals surface area contributed by atoms with Gasteiger partial charge in [0.1, 0.15) is 18.2 Å². The minimum Gasteiger partial charge on any atom is -0.445 e. The predicted molar refractivity (Wildman–Crippen MR) is 132 cm³/mol. The number of carbonyl (C=O) groups is 2. The molecule has 0 spiro atoms. The van der Waals surface area contributed by atoms with Gasteiger partial charge in [-0.1, -0.05) is 0 Å². The molecule has 13 nitrogen and oxygen atoms in total. The first kappa shape index (κ1) is 28.4. The summed E-state index contributed by atoms with van der Waals surface area (Å²) in [5.74, 6) is 0. The first-order valence-corrected chi connectivity index (χ1v) is 13.8. The Morgan fingerprint density at radius 2 is 2.00 bits per heavy atom. The summed E-state index contributed by atoms with van der Waals surface area (Å²) in [4.78, 5) is 46.1. The molecule has 2 aromatic rings. The third kappa shape index (κ3) is 8.45. The zero-order valence-electron chi connectivity index (χ0n) is 20.7. The van der Waals surface area contributed by atoms with Crippen LogP contribution in [0, 0.1) is 10.1 Å². The van der Waals surface area contributed by atoms with Gasteiger partial charge in [-0.25, -0.2) is 14.8 Å². The van der Waals surface area contributed by atoms with Crippen molar-refractivity contribution in [3.8, 4) is 0 Å². The largest absolute Gasteiger partial charge is 0.445 e. The number of nitro groups is 1. The van der Waals surface area contributed by atoms with Crippen molar-refractivity contribution >= 4 is 39.6 Å². The predicted octanol–water partition coefficient (Wildman–Crippen LogP) is 3.17. The third-order valence-corrected chi connectivity index (χ3v) is 6.50. The first-order chi connectivity index (χ1) is 17.2. The average Bonchev–Trinajstić information content (AvgIpc) is 3.42. The van der Waals surface area contributed by atoms with E-state index in [9.17, 15) is 28.1 Å². The highest BCUT2D eigenvalue weighted by atomic mass is 32.2. The van der Waals surface area contributed by atoms with Crippen LogP contribution in [0.3, 0.4) is 0 Å². The van der Waals surface area contributed by atoms with Gasteiger partial charge in [0.05, 0.1) is 41.2 Å². The van der Waals surface area contributed by atoms with Crippen molar-refractivity contribution in [2.24, 2.45) is 0 Å². The molecular formula is C22H28N4O9S2. The maximum atomic E-state index is 13.0. The Morgan fingerprint density at radius 3 is 2.57 bits per heavy atom. The lowest BCUT2D eigenvalue weighted by atomic mass is 10.1. The van der Waals surface area contributed by atoms with Crippen LogP contribution in [0.25, 0.3) is 0 Å². The Bertz CT molecular complexity index is 1230. The molecule has 202 valence electrons. The van der Waals surface area contributed by atoms with Crippen LogP contribution < -0.4 is 0 Å². The molecule has 1 aromatic carbocycles. The molecule has 1 saturated heterocycles. The number of rotatable bonds is 10. The van der Waals surface area contributed by atoms with Gasteiger partial charge in [0.15, 0.2) is 0 Å². The summed E-state index contributed by atoms with van der Waals surface area (Å²) in [5, 5.41) is 14.2. The van der Waals surface area contributed by atoms with E-state index in [4.69, 9.17) is 13.8 Å². The second-order valence-electron chi connectivity index (χ2n) is 9.35. The van der Waals surface area contributed by atoms with Crippen molar-refractivity contribution in [3.63, 3.8) is 0 Å². The van der Waals surface area contributed by atoms with Crippen molar-refractivity contribution in [2.75, 3.05) is 12.8 Å². The Labute approximate surface area is 218 Å². The fourth-order valence-electron chi connectivity index (χ4n) is 3.67. The molecule has 1 fully saturated rings. The minimum absolute atomic E-state index is 0.0444. The van der Waals surface area contributed by atoms with Gasteiger partial charge < -0.3 is 4.74 Å². The summed E-state index contributed by atoms with van der Waals surface area (Å²) in [7, 11) is -3.77. The number of hydrogen-bond acceptors (Lipinski definition) is 11. The second kappa shape index (κ2) is 11.5. The van der Waals surface area contributed by atoms with E-state index in [2.05, 4.69) is 4.98 Å². The average molecular weight is 557 g/mol. The van der Waals surface area contributed by atoms with E-state index in [0.29, 0.717) is 22.7 Å². The molecule has 0 radical (unpaired) electrons. The summed E-state index contributed by atoms with van der Waals surface area (Å²) in [5.41, 5.74) is 0.360. The number of hydrogen-bond donors (Lipinski definition) is 0. The molecule has 2 heterocycles. The van der Waals surface area contributed by atoms with E-state index in [1.807, 2.05) is 0 Å². The van der Waals surface area contributed by atoms with E-state index >= 15 is 0 Å². The number of amides is 2.